The fraction of sp³-hybridized carbons (Fsp3) is 0.333. The van der Waals surface area contributed by atoms with E-state index in [2.05, 4.69) is 4.98 Å². The van der Waals surface area contributed by atoms with Crippen LogP contribution in [0, 0.1) is 11.3 Å². The van der Waals surface area contributed by atoms with Crippen LogP contribution in [0.2, 0.25) is 0 Å². The van der Waals surface area contributed by atoms with Gasteiger partial charge >= 0.3 is 5.97 Å². The summed E-state index contributed by atoms with van der Waals surface area (Å²) in [6.45, 7) is 2.01. The van der Waals surface area contributed by atoms with E-state index in [9.17, 15) is 4.79 Å². The highest BCUT2D eigenvalue weighted by molar-refractivity contribution is 5.94. The number of hydrogen-bond acceptors (Lipinski definition) is 4. The molecule has 74 valence electrons. The van der Waals surface area contributed by atoms with Crippen LogP contribution in [0.4, 0.5) is 5.69 Å². The minimum atomic E-state index is -0.491. The first-order valence-corrected chi connectivity index (χ1v) is 4.20. The van der Waals surface area contributed by atoms with Crippen molar-refractivity contribution in [2.24, 2.45) is 0 Å². The maximum Gasteiger partial charge on any atom is 0.356 e. The summed E-state index contributed by atoms with van der Waals surface area (Å²) in [6.07, 6.45) is 1.73. The number of esters is 1. The topological polar surface area (TPSA) is 91.9 Å². The third kappa shape index (κ3) is 1.85. The van der Waals surface area contributed by atoms with Crippen molar-refractivity contribution < 1.29 is 9.53 Å². The van der Waals surface area contributed by atoms with Gasteiger partial charge in [0.25, 0.3) is 0 Å². The first-order valence-electron chi connectivity index (χ1n) is 4.20. The smallest absolute Gasteiger partial charge is 0.356 e. The summed E-state index contributed by atoms with van der Waals surface area (Å²) in [5.74, 6) is -0.491. The first kappa shape index (κ1) is 10.1. The molecule has 5 nitrogen and oxygen atoms in total. The SMILES string of the molecule is CCOC(=O)c1[nH]cc(CC#N)c1N. The lowest BCUT2D eigenvalue weighted by molar-refractivity contribution is 0.0521. The van der Waals surface area contributed by atoms with Gasteiger partial charge in [-0.15, -0.1) is 0 Å². The van der Waals surface area contributed by atoms with Crippen LogP contribution in [0.25, 0.3) is 0 Å². The van der Waals surface area contributed by atoms with Gasteiger partial charge in [-0.05, 0) is 6.92 Å². The van der Waals surface area contributed by atoms with Crippen molar-refractivity contribution in [2.45, 2.75) is 13.3 Å². The molecule has 0 unspecified atom stereocenters. The van der Waals surface area contributed by atoms with E-state index in [1.54, 1.807) is 13.1 Å². The molecular formula is C9H11N3O2. The van der Waals surface area contributed by atoms with Crippen molar-refractivity contribution in [1.82, 2.24) is 4.98 Å². The zero-order chi connectivity index (χ0) is 10.6. The Hall–Kier alpha value is -1.96. The molecular weight excluding hydrogens is 182 g/mol. The normalized spacial score (nSPS) is 9.43. The molecule has 0 spiro atoms. The summed E-state index contributed by atoms with van der Waals surface area (Å²) < 4.78 is 4.77. The number of aromatic nitrogens is 1. The Morgan fingerprint density at radius 2 is 2.50 bits per heavy atom. The Labute approximate surface area is 81.5 Å². The number of nitrogens with one attached hydrogen (secondary N) is 1. The van der Waals surface area contributed by atoms with Gasteiger partial charge in [-0.2, -0.15) is 5.26 Å². The Morgan fingerprint density at radius 1 is 1.79 bits per heavy atom. The van der Waals surface area contributed by atoms with Gasteiger partial charge in [0.2, 0.25) is 0 Å². The van der Waals surface area contributed by atoms with Gasteiger partial charge in [-0.1, -0.05) is 0 Å². The van der Waals surface area contributed by atoms with Gasteiger partial charge in [-0.3, -0.25) is 0 Å². The highest BCUT2D eigenvalue weighted by atomic mass is 16.5. The molecule has 3 N–H and O–H groups in total. The van der Waals surface area contributed by atoms with Gasteiger partial charge in [0.15, 0.2) is 0 Å². The number of carbonyl (C=O) groups excluding carboxylic acids is 1. The predicted octanol–water partition coefficient (Wildman–Crippen LogP) is 0.840. The molecule has 0 aliphatic carbocycles. The number of carbonyl (C=O) groups is 1. The van der Waals surface area contributed by atoms with Crippen LogP contribution >= 0.6 is 0 Å². The maximum absolute atomic E-state index is 11.3. The molecule has 14 heavy (non-hydrogen) atoms. The van der Waals surface area contributed by atoms with E-state index >= 15 is 0 Å². The summed E-state index contributed by atoms with van der Waals surface area (Å²) in [5.41, 5.74) is 6.77. The Balaban J connectivity index is 2.90. The molecule has 0 bridgehead atoms. The molecule has 0 aromatic carbocycles. The number of nitrogen functional groups attached to an aromatic ring is 1. The van der Waals surface area contributed by atoms with Crippen LogP contribution in [-0.4, -0.2) is 17.6 Å². The summed E-state index contributed by atoms with van der Waals surface area (Å²) in [5, 5.41) is 8.46. The number of anilines is 1. The monoisotopic (exact) mass is 193 g/mol. The fourth-order valence-electron chi connectivity index (χ4n) is 1.08. The lowest BCUT2D eigenvalue weighted by Crippen LogP contribution is -2.07. The largest absolute Gasteiger partial charge is 0.461 e. The minimum absolute atomic E-state index is 0.182. The highest BCUT2D eigenvalue weighted by Crippen LogP contribution is 2.17. The van der Waals surface area contributed by atoms with Crippen LogP contribution in [0.3, 0.4) is 0 Å². The second-order valence-electron chi connectivity index (χ2n) is 2.66. The highest BCUT2D eigenvalue weighted by Gasteiger charge is 2.15. The summed E-state index contributed by atoms with van der Waals surface area (Å²) in [4.78, 5) is 14.0. The Morgan fingerprint density at radius 3 is 3.07 bits per heavy atom. The molecule has 0 radical (unpaired) electrons. The van der Waals surface area contributed by atoms with Gasteiger partial charge in [0.1, 0.15) is 5.69 Å². The lowest BCUT2D eigenvalue weighted by Gasteiger charge is -2.00. The number of ether oxygens (including phenoxy) is 1. The molecule has 0 aliphatic heterocycles. The second kappa shape index (κ2) is 4.33. The number of hydrogen-bond donors (Lipinski definition) is 2. The average molecular weight is 193 g/mol. The third-order valence-electron chi connectivity index (χ3n) is 1.76. The predicted molar refractivity (Wildman–Crippen MR) is 50.5 cm³/mol. The quantitative estimate of drug-likeness (QED) is 0.696. The zero-order valence-corrected chi connectivity index (χ0v) is 7.83. The van der Waals surface area contributed by atoms with E-state index < -0.39 is 5.97 Å². The van der Waals surface area contributed by atoms with Gasteiger partial charge in [-0.25, -0.2) is 4.79 Å². The molecule has 0 amide bonds. The summed E-state index contributed by atoms with van der Waals surface area (Å²) >= 11 is 0. The van der Waals surface area contributed by atoms with Crippen LogP contribution in [0.15, 0.2) is 6.20 Å². The number of H-pyrrole nitrogens is 1. The van der Waals surface area contributed by atoms with E-state index in [0.717, 1.165) is 0 Å². The van der Waals surface area contributed by atoms with Crippen molar-refractivity contribution in [3.05, 3.63) is 17.5 Å². The Bertz CT molecular complexity index is 376. The standard InChI is InChI=1S/C9H11N3O2/c1-2-14-9(13)8-7(11)6(3-4-10)5-12-8/h5,12H,2-3,11H2,1H3. The van der Waals surface area contributed by atoms with Crippen molar-refractivity contribution >= 4 is 11.7 Å². The molecule has 0 saturated heterocycles. The first-order chi connectivity index (χ1) is 6.70. The molecule has 0 atom stereocenters. The molecule has 0 saturated carbocycles. The molecule has 1 heterocycles. The van der Waals surface area contributed by atoms with E-state index in [-0.39, 0.29) is 12.1 Å². The van der Waals surface area contributed by atoms with Crippen molar-refractivity contribution in [1.29, 1.82) is 5.26 Å². The minimum Gasteiger partial charge on any atom is -0.461 e. The van der Waals surface area contributed by atoms with E-state index in [1.807, 2.05) is 6.07 Å². The number of nitrogens with two attached hydrogens (primary N) is 1. The average Bonchev–Trinajstić information content (AvgIpc) is 2.49. The van der Waals surface area contributed by atoms with Crippen LogP contribution < -0.4 is 5.73 Å². The van der Waals surface area contributed by atoms with Gasteiger partial charge in [0, 0.05) is 11.8 Å². The van der Waals surface area contributed by atoms with Crippen molar-refractivity contribution in [3.8, 4) is 6.07 Å². The fourth-order valence-corrected chi connectivity index (χ4v) is 1.08. The van der Waals surface area contributed by atoms with Crippen molar-refractivity contribution in [2.75, 3.05) is 12.3 Å². The number of nitriles is 1. The molecule has 1 aromatic rings. The van der Waals surface area contributed by atoms with Gasteiger partial charge in [0.05, 0.1) is 24.8 Å². The van der Waals surface area contributed by atoms with Crippen LogP contribution in [-0.2, 0) is 11.2 Å². The van der Waals surface area contributed by atoms with Gasteiger partial charge < -0.3 is 15.5 Å². The van der Waals surface area contributed by atoms with Crippen molar-refractivity contribution in [3.63, 3.8) is 0 Å². The zero-order valence-electron chi connectivity index (χ0n) is 7.83. The van der Waals surface area contributed by atoms with E-state index in [4.69, 9.17) is 15.7 Å². The Kier molecular flexibility index (Phi) is 3.13. The van der Waals surface area contributed by atoms with E-state index in [1.165, 1.54) is 0 Å². The molecule has 0 fully saturated rings. The van der Waals surface area contributed by atoms with Crippen LogP contribution in [0.1, 0.15) is 23.0 Å². The van der Waals surface area contributed by atoms with Crippen LogP contribution in [0.5, 0.6) is 0 Å². The number of aromatic amines is 1. The molecule has 5 heteroatoms. The summed E-state index contributed by atoms with van der Waals surface area (Å²) in [7, 11) is 0. The third-order valence-corrected chi connectivity index (χ3v) is 1.76. The van der Waals surface area contributed by atoms with E-state index in [0.29, 0.717) is 17.9 Å². The second-order valence-corrected chi connectivity index (χ2v) is 2.66. The molecule has 0 aliphatic rings. The molecule has 1 aromatic heterocycles. The molecule has 1 rings (SSSR count). The maximum atomic E-state index is 11.3. The number of rotatable bonds is 3. The lowest BCUT2D eigenvalue weighted by atomic mass is 10.2. The summed E-state index contributed by atoms with van der Waals surface area (Å²) in [6, 6.07) is 1.96. The number of nitrogens with zero attached hydrogens (tertiary/aromatic N) is 1.